The van der Waals surface area contributed by atoms with Crippen LogP contribution in [0.2, 0.25) is 0 Å². The van der Waals surface area contributed by atoms with Crippen LogP contribution in [-0.4, -0.2) is 34.7 Å². The molecule has 1 aromatic carbocycles. The first kappa shape index (κ1) is 22.9. The van der Waals surface area contributed by atoms with E-state index in [0.29, 0.717) is 17.5 Å². The molecule has 0 bridgehead atoms. The molecule has 0 saturated heterocycles. The minimum atomic E-state index is -1.18. The van der Waals surface area contributed by atoms with Crippen LogP contribution in [0.25, 0.3) is 0 Å². The first-order valence-corrected chi connectivity index (χ1v) is 11.1. The van der Waals surface area contributed by atoms with Gasteiger partial charge in [-0.2, -0.15) is 0 Å². The van der Waals surface area contributed by atoms with Crippen molar-refractivity contribution in [2.45, 2.75) is 65.0 Å². The number of benzene rings is 1. The van der Waals surface area contributed by atoms with E-state index in [0.717, 1.165) is 30.1 Å². The minimum Gasteiger partial charge on any atom is -0.493 e. The molecule has 2 amide bonds. The van der Waals surface area contributed by atoms with Crippen LogP contribution in [0, 0.1) is 5.41 Å². The van der Waals surface area contributed by atoms with Crippen LogP contribution >= 0.6 is 0 Å². The van der Waals surface area contributed by atoms with E-state index in [1.807, 2.05) is 18.2 Å². The van der Waals surface area contributed by atoms with Crippen molar-refractivity contribution >= 4 is 17.7 Å². The Labute approximate surface area is 194 Å². The number of rotatable bonds is 5. The number of anilines is 1. The second-order valence-electron chi connectivity index (χ2n) is 10.6. The number of amides is 2. The number of nitrogens with zero attached hydrogens (tertiary/aromatic N) is 1. The van der Waals surface area contributed by atoms with E-state index in [-0.39, 0.29) is 5.41 Å². The fourth-order valence-electron chi connectivity index (χ4n) is 3.87. The molecule has 33 heavy (non-hydrogen) atoms. The highest BCUT2D eigenvalue weighted by molar-refractivity contribution is 5.99. The first-order valence-electron chi connectivity index (χ1n) is 11.1. The van der Waals surface area contributed by atoms with E-state index in [9.17, 15) is 9.59 Å². The Kier molecular flexibility index (Phi) is 5.50. The third-order valence-electron chi connectivity index (χ3n) is 5.87. The summed E-state index contributed by atoms with van der Waals surface area (Å²) in [6.45, 7) is 11.4. The molecule has 2 aliphatic rings. The molecule has 1 saturated carbocycles. The third kappa shape index (κ3) is 5.05. The van der Waals surface area contributed by atoms with E-state index >= 15 is 0 Å². The number of carbonyl (C=O) groups is 2. The van der Waals surface area contributed by atoms with Crippen molar-refractivity contribution in [3.8, 4) is 17.4 Å². The summed E-state index contributed by atoms with van der Waals surface area (Å²) in [6, 6.07) is 9.21. The molecule has 1 aliphatic carbocycles. The van der Waals surface area contributed by atoms with Crippen molar-refractivity contribution in [1.82, 2.24) is 10.3 Å². The second kappa shape index (κ2) is 7.93. The Morgan fingerprint density at radius 3 is 2.58 bits per heavy atom. The summed E-state index contributed by atoms with van der Waals surface area (Å²) in [7, 11) is 0. The summed E-state index contributed by atoms with van der Waals surface area (Å²) in [5.74, 6) is 2.08. The van der Waals surface area contributed by atoms with E-state index in [1.54, 1.807) is 46.8 Å². The maximum Gasteiger partial charge on any atom is 0.408 e. The summed E-state index contributed by atoms with van der Waals surface area (Å²) >= 11 is 0. The number of hydrogen-bond acceptors (Lipinski definition) is 6. The monoisotopic (exact) mass is 453 g/mol. The molecule has 1 aliphatic heterocycles. The molecule has 176 valence electrons. The highest BCUT2D eigenvalue weighted by Gasteiger charge is 2.56. The Hall–Kier alpha value is -3.29. The fraction of sp³-hybridized carbons (Fsp3) is 0.480. The van der Waals surface area contributed by atoms with E-state index in [4.69, 9.17) is 14.2 Å². The van der Waals surface area contributed by atoms with Gasteiger partial charge in [-0.25, -0.2) is 9.78 Å². The van der Waals surface area contributed by atoms with Gasteiger partial charge in [-0.15, -0.1) is 0 Å². The summed E-state index contributed by atoms with van der Waals surface area (Å²) in [5.41, 5.74) is -0.0651. The predicted octanol–water partition coefficient (Wildman–Crippen LogP) is 5.00. The second-order valence-corrected chi connectivity index (χ2v) is 10.6. The highest BCUT2D eigenvalue weighted by Crippen LogP contribution is 2.65. The molecule has 0 spiro atoms. The number of nitrogens with one attached hydrogen (secondary N) is 2. The lowest BCUT2D eigenvalue weighted by atomic mass is 9.97. The Balaban J connectivity index is 1.40. The molecular weight excluding hydrogens is 422 g/mol. The van der Waals surface area contributed by atoms with Crippen molar-refractivity contribution in [1.29, 1.82) is 0 Å². The van der Waals surface area contributed by atoms with Crippen LogP contribution in [0.15, 0.2) is 36.5 Å². The Morgan fingerprint density at radius 2 is 1.91 bits per heavy atom. The lowest BCUT2D eigenvalue weighted by molar-refractivity contribution is -0.121. The SMILES string of the molecule is CC(C)(C)OC(=O)NC(C)(C)C(=O)Nc1ccc(Oc2cccc3c2C2CC2(C)CO3)nc1. The standard InChI is InChI=1S/C25H31N3O5/c1-23(2,3)33-22(30)28-24(4,5)21(29)27-15-10-11-19(26-13-15)32-18-9-7-8-17-20(18)16-12-25(16,6)14-31-17/h7-11,13,16H,12,14H2,1-6H3,(H,27,29)(H,28,30). The topological polar surface area (TPSA) is 98.8 Å². The van der Waals surface area contributed by atoms with Gasteiger partial charge in [0.15, 0.2) is 0 Å². The zero-order chi connectivity index (χ0) is 24.0. The number of pyridine rings is 1. The molecule has 8 nitrogen and oxygen atoms in total. The maximum absolute atomic E-state index is 12.7. The number of aromatic nitrogens is 1. The fourth-order valence-corrected chi connectivity index (χ4v) is 3.87. The van der Waals surface area contributed by atoms with Crippen LogP contribution < -0.4 is 20.1 Å². The Bertz CT molecular complexity index is 1070. The molecule has 2 aromatic rings. The molecular formula is C25H31N3O5. The zero-order valence-electron chi connectivity index (χ0n) is 19.9. The molecule has 2 atom stereocenters. The van der Waals surface area contributed by atoms with Crippen LogP contribution in [0.1, 0.15) is 59.4 Å². The van der Waals surface area contributed by atoms with Crippen molar-refractivity contribution in [2.24, 2.45) is 5.41 Å². The lowest BCUT2D eigenvalue weighted by Crippen LogP contribution is -2.53. The summed E-state index contributed by atoms with van der Waals surface area (Å²) in [6.07, 6.45) is 1.95. The van der Waals surface area contributed by atoms with Crippen LogP contribution in [0.4, 0.5) is 10.5 Å². The van der Waals surface area contributed by atoms with Gasteiger partial charge in [0, 0.05) is 23.0 Å². The van der Waals surface area contributed by atoms with Crippen LogP contribution in [-0.2, 0) is 9.53 Å². The summed E-state index contributed by atoms with van der Waals surface area (Å²) in [4.78, 5) is 29.1. The molecule has 8 heteroatoms. The highest BCUT2D eigenvalue weighted by atomic mass is 16.6. The number of carbonyl (C=O) groups excluding carboxylic acids is 2. The van der Waals surface area contributed by atoms with Crippen molar-refractivity contribution in [3.05, 3.63) is 42.1 Å². The van der Waals surface area contributed by atoms with Crippen molar-refractivity contribution < 1.29 is 23.8 Å². The maximum atomic E-state index is 12.7. The van der Waals surface area contributed by atoms with Gasteiger partial charge in [-0.3, -0.25) is 4.79 Å². The number of fused-ring (bicyclic) bond motifs is 3. The van der Waals surface area contributed by atoms with Gasteiger partial charge in [0.05, 0.1) is 18.5 Å². The van der Waals surface area contributed by atoms with E-state index in [1.165, 1.54) is 6.20 Å². The summed E-state index contributed by atoms with van der Waals surface area (Å²) < 4.78 is 17.2. The first-order chi connectivity index (χ1) is 15.4. The van der Waals surface area contributed by atoms with Crippen LogP contribution in [0.5, 0.6) is 17.4 Å². The number of ether oxygens (including phenoxy) is 3. The Morgan fingerprint density at radius 1 is 1.15 bits per heavy atom. The largest absolute Gasteiger partial charge is 0.493 e. The predicted molar refractivity (Wildman–Crippen MR) is 124 cm³/mol. The number of hydrogen-bond donors (Lipinski definition) is 2. The van der Waals surface area contributed by atoms with E-state index in [2.05, 4.69) is 22.5 Å². The molecule has 2 unspecified atom stereocenters. The molecule has 4 rings (SSSR count). The van der Waals surface area contributed by atoms with Gasteiger partial charge in [0.1, 0.15) is 22.6 Å². The molecule has 0 radical (unpaired) electrons. The van der Waals surface area contributed by atoms with Gasteiger partial charge in [-0.05, 0) is 59.2 Å². The average Bonchev–Trinajstić information content (AvgIpc) is 3.39. The van der Waals surface area contributed by atoms with Gasteiger partial charge in [0.2, 0.25) is 11.8 Å². The third-order valence-corrected chi connectivity index (χ3v) is 5.87. The average molecular weight is 454 g/mol. The molecule has 2 N–H and O–H groups in total. The minimum absolute atomic E-state index is 0.189. The number of alkyl carbamates (subject to hydrolysis) is 1. The zero-order valence-corrected chi connectivity index (χ0v) is 19.9. The normalized spacial score (nSPS) is 21.1. The van der Waals surface area contributed by atoms with Gasteiger partial charge >= 0.3 is 6.09 Å². The van der Waals surface area contributed by atoms with E-state index < -0.39 is 23.1 Å². The smallest absolute Gasteiger partial charge is 0.408 e. The molecule has 1 aromatic heterocycles. The quantitative estimate of drug-likeness (QED) is 0.661. The van der Waals surface area contributed by atoms with Crippen LogP contribution in [0.3, 0.4) is 0 Å². The van der Waals surface area contributed by atoms with Gasteiger partial charge < -0.3 is 24.8 Å². The van der Waals surface area contributed by atoms with Crippen molar-refractivity contribution in [2.75, 3.05) is 11.9 Å². The lowest BCUT2D eigenvalue weighted by Gasteiger charge is -2.27. The molecule has 1 fully saturated rings. The van der Waals surface area contributed by atoms with Crippen molar-refractivity contribution in [3.63, 3.8) is 0 Å². The van der Waals surface area contributed by atoms with Gasteiger partial charge in [0.25, 0.3) is 0 Å². The summed E-state index contributed by atoms with van der Waals surface area (Å²) in [5, 5.41) is 5.35. The van der Waals surface area contributed by atoms with Gasteiger partial charge in [-0.1, -0.05) is 13.0 Å². The molecule has 2 heterocycles.